The molecular weight excluding hydrogens is 287 g/mol. The van der Waals surface area contributed by atoms with Crippen molar-refractivity contribution in [3.63, 3.8) is 0 Å². The molecule has 7 heteroatoms. The Labute approximate surface area is 120 Å². The second-order valence-electron chi connectivity index (χ2n) is 4.58. The predicted molar refractivity (Wildman–Crippen MR) is 69.6 cm³/mol. The van der Waals surface area contributed by atoms with E-state index in [0.29, 0.717) is 6.42 Å². The highest BCUT2D eigenvalue weighted by molar-refractivity contribution is 5.85. The molecular formula is C14H16F3NO3. The highest BCUT2D eigenvalue weighted by Gasteiger charge is 2.33. The first-order chi connectivity index (χ1) is 9.75. The molecule has 0 bridgehead atoms. The van der Waals surface area contributed by atoms with Gasteiger partial charge < -0.3 is 10.4 Å². The number of aliphatic carboxylic acids is 1. The number of carbonyl (C=O) groups excluding carboxylic acids is 1. The number of hydrogen-bond acceptors (Lipinski definition) is 2. The van der Waals surface area contributed by atoms with Crippen LogP contribution in [0.15, 0.2) is 24.3 Å². The summed E-state index contributed by atoms with van der Waals surface area (Å²) in [5, 5.41) is 11.1. The van der Waals surface area contributed by atoms with Gasteiger partial charge in [0.05, 0.1) is 12.0 Å². The van der Waals surface area contributed by atoms with E-state index in [1.807, 2.05) is 0 Å². The number of amides is 1. The van der Waals surface area contributed by atoms with E-state index in [1.165, 1.54) is 18.2 Å². The van der Waals surface area contributed by atoms with E-state index in [9.17, 15) is 22.8 Å². The van der Waals surface area contributed by atoms with Crippen molar-refractivity contribution >= 4 is 11.9 Å². The molecule has 0 unspecified atom stereocenters. The molecule has 21 heavy (non-hydrogen) atoms. The third-order valence-corrected chi connectivity index (χ3v) is 2.88. The standard InChI is InChI=1S/C14H16F3NO3/c1-2-5-11(13(20)21)18-12(19)8-9-6-3-4-7-10(9)14(15,16)17/h3-4,6-7,11H,2,5,8H2,1H3,(H,18,19)(H,20,21)/t11-/m0/s1. The molecule has 1 amide bonds. The molecule has 0 saturated heterocycles. The first-order valence-electron chi connectivity index (χ1n) is 6.43. The third kappa shape index (κ3) is 5.09. The lowest BCUT2D eigenvalue weighted by molar-refractivity contribution is -0.142. The molecule has 0 fully saturated rings. The highest BCUT2D eigenvalue weighted by Crippen LogP contribution is 2.31. The van der Waals surface area contributed by atoms with E-state index in [2.05, 4.69) is 5.32 Å². The minimum Gasteiger partial charge on any atom is -0.480 e. The fourth-order valence-electron chi connectivity index (χ4n) is 1.92. The number of carboxylic acid groups (broad SMARTS) is 1. The molecule has 0 aliphatic carbocycles. The average molecular weight is 303 g/mol. The van der Waals surface area contributed by atoms with Crippen molar-refractivity contribution in [1.29, 1.82) is 0 Å². The zero-order valence-corrected chi connectivity index (χ0v) is 11.4. The first-order valence-corrected chi connectivity index (χ1v) is 6.43. The number of carbonyl (C=O) groups is 2. The lowest BCUT2D eigenvalue weighted by atomic mass is 10.0. The second-order valence-corrected chi connectivity index (χ2v) is 4.58. The molecule has 1 aromatic rings. The molecule has 0 aliphatic rings. The molecule has 1 aromatic carbocycles. The summed E-state index contributed by atoms with van der Waals surface area (Å²) in [6, 6.07) is 3.65. The number of halogens is 3. The second kappa shape index (κ2) is 7.10. The SMILES string of the molecule is CCC[C@H](NC(=O)Cc1ccccc1C(F)(F)F)C(=O)O. The molecule has 0 aliphatic heterocycles. The molecule has 1 rings (SSSR count). The zero-order valence-electron chi connectivity index (χ0n) is 11.4. The monoisotopic (exact) mass is 303 g/mol. The number of alkyl halides is 3. The quantitative estimate of drug-likeness (QED) is 0.849. The molecule has 0 radical (unpaired) electrons. The number of nitrogens with one attached hydrogen (secondary N) is 1. The van der Waals surface area contributed by atoms with Gasteiger partial charge in [-0.2, -0.15) is 13.2 Å². The van der Waals surface area contributed by atoms with Crippen molar-refractivity contribution < 1.29 is 27.9 Å². The van der Waals surface area contributed by atoms with Gasteiger partial charge in [0, 0.05) is 0 Å². The van der Waals surface area contributed by atoms with Crippen LogP contribution in [-0.2, 0) is 22.2 Å². The Hall–Kier alpha value is -2.05. The molecule has 0 saturated carbocycles. The van der Waals surface area contributed by atoms with Crippen molar-refractivity contribution in [3.05, 3.63) is 35.4 Å². The lowest BCUT2D eigenvalue weighted by Gasteiger charge is -2.15. The number of rotatable bonds is 6. The molecule has 116 valence electrons. The summed E-state index contributed by atoms with van der Waals surface area (Å²) in [5.41, 5.74) is -1.06. The van der Waals surface area contributed by atoms with Crippen molar-refractivity contribution in [2.24, 2.45) is 0 Å². The van der Waals surface area contributed by atoms with Crippen LogP contribution in [0.2, 0.25) is 0 Å². The molecule has 0 spiro atoms. The van der Waals surface area contributed by atoms with Crippen LogP contribution in [0.1, 0.15) is 30.9 Å². The van der Waals surface area contributed by atoms with Crippen LogP contribution in [0.4, 0.5) is 13.2 Å². The normalized spacial score (nSPS) is 12.8. The summed E-state index contributed by atoms with van der Waals surface area (Å²) in [4.78, 5) is 22.6. The minimum atomic E-state index is -4.55. The van der Waals surface area contributed by atoms with Gasteiger partial charge in [-0.05, 0) is 18.1 Å². The van der Waals surface area contributed by atoms with Crippen LogP contribution in [0.3, 0.4) is 0 Å². The summed E-state index contributed by atoms with van der Waals surface area (Å²) in [5.74, 6) is -1.94. The Morgan fingerprint density at radius 1 is 1.29 bits per heavy atom. The van der Waals surface area contributed by atoms with Crippen LogP contribution >= 0.6 is 0 Å². The van der Waals surface area contributed by atoms with Gasteiger partial charge >= 0.3 is 12.1 Å². The fourth-order valence-corrected chi connectivity index (χ4v) is 1.92. The smallest absolute Gasteiger partial charge is 0.416 e. The van der Waals surface area contributed by atoms with E-state index in [4.69, 9.17) is 5.11 Å². The maximum absolute atomic E-state index is 12.8. The van der Waals surface area contributed by atoms with Crippen LogP contribution in [-0.4, -0.2) is 23.0 Å². The average Bonchev–Trinajstić information content (AvgIpc) is 2.37. The van der Waals surface area contributed by atoms with Gasteiger partial charge in [-0.1, -0.05) is 31.5 Å². The van der Waals surface area contributed by atoms with Crippen molar-refractivity contribution in [2.45, 2.75) is 38.4 Å². The summed E-state index contributed by atoms with van der Waals surface area (Å²) < 4.78 is 38.4. The van der Waals surface area contributed by atoms with E-state index in [1.54, 1.807) is 6.92 Å². The van der Waals surface area contributed by atoms with Crippen LogP contribution in [0, 0.1) is 0 Å². The van der Waals surface area contributed by atoms with E-state index in [0.717, 1.165) is 6.07 Å². The molecule has 0 aromatic heterocycles. The maximum atomic E-state index is 12.8. The summed E-state index contributed by atoms with van der Waals surface area (Å²) in [6.07, 6.45) is -4.30. The largest absolute Gasteiger partial charge is 0.480 e. The topological polar surface area (TPSA) is 66.4 Å². The Kier molecular flexibility index (Phi) is 5.75. The third-order valence-electron chi connectivity index (χ3n) is 2.88. The predicted octanol–water partition coefficient (Wildman–Crippen LogP) is 2.62. The summed E-state index contributed by atoms with van der Waals surface area (Å²) in [7, 11) is 0. The Bertz CT molecular complexity index is 514. The Morgan fingerprint density at radius 3 is 2.43 bits per heavy atom. The van der Waals surface area contributed by atoms with Crippen LogP contribution in [0.5, 0.6) is 0 Å². The number of carboxylic acids is 1. The lowest BCUT2D eigenvalue weighted by Crippen LogP contribution is -2.41. The maximum Gasteiger partial charge on any atom is 0.416 e. The van der Waals surface area contributed by atoms with Crippen LogP contribution in [0.25, 0.3) is 0 Å². The Morgan fingerprint density at radius 2 is 1.90 bits per heavy atom. The number of hydrogen-bond donors (Lipinski definition) is 2. The van der Waals surface area contributed by atoms with Gasteiger partial charge in [0.2, 0.25) is 5.91 Å². The summed E-state index contributed by atoms with van der Waals surface area (Å²) in [6.45, 7) is 1.75. The zero-order chi connectivity index (χ0) is 16.0. The molecule has 4 nitrogen and oxygen atoms in total. The highest BCUT2D eigenvalue weighted by atomic mass is 19.4. The molecule has 2 N–H and O–H groups in total. The minimum absolute atomic E-state index is 0.178. The van der Waals surface area contributed by atoms with Gasteiger partial charge in [0.25, 0.3) is 0 Å². The van der Waals surface area contributed by atoms with Crippen molar-refractivity contribution in [3.8, 4) is 0 Å². The first kappa shape index (κ1) is 17.0. The van der Waals surface area contributed by atoms with Gasteiger partial charge in [-0.25, -0.2) is 4.79 Å². The van der Waals surface area contributed by atoms with E-state index in [-0.39, 0.29) is 12.0 Å². The van der Waals surface area contributed by atoms with Gasteiger partial charge in [-0.3, -0.25) is 4.79 Å². The molecule has 1 atom stereocenters. The van der Waals surface area contributed by atoms with Crippen molar-refractivity contribution in [1.82, 2.24) is 5.32 Å². The van der Waals surface area contributed by atoms with Crippen molar-refractivity contribution in [2.75, 3.05) is 0 Å². The number of benzene rings is 1. The van der Waals surface area contributed by atoms with Gasteiger partial charge in [0.15, 0.2) is 0 Å². The van der Waals surface area contributed by atoms with E-state index < -0.39 is 36.1 Å². The van der Waals surface area contributed by atoms with Gasteiger partial charge in [0.1, 0.15) is 6.04 Å². The fraction of sp³-hybridized carbons (Fsp3) is 0.429. The van der Waals surface area contributed by atoms with Gasteiger partial charge in [-0.15, -0.1) is 0 Å². The molecule has 0 heterocycles. The van der Waals surface area contributed by atoms with E-state index >= 15 is 0 Å². The van der Waals surface area contributed by atoms with Crippen LogP contribution < -0.4 is 5.32 Å². The summed E-state index contributed by atoms with van der Waals surface area (Å²) >= 11 is 0. The Balaban J connectivity index is 2.82.